The van der Waals surface area contributed by atoms with Crippen LogP contribution in [0.25, 0.3) is 6.08 Å². The monoisotopic (exact) mass is 321 g/mol. The maximum Gasteiger partial charge on any atom is 0.248 e. The minimum absolute atomic E-state index is 0.160. The molecule has 4 rings (SSSR count). The van der Waals surface area contributed by atoms with Crippen molar-refractivity contribution in [2.75, 3.05) is 18.5 Å². The number of fused-ring (bicyclic) bond motifs is 2. The third kappa shape index (κ3) is 3.13. The van der Waals surface area contributed by atoms with Crippen LogP contribution in [0, 0.1) is 0 Å². The van der Waals surface area contributed by atoms with Gasteiger partial charge in [-0.3, -0.25) is 4.79 Å². The molecule has 0 spiro atoms. The molecule has 0 aromatic heterocycles. The second kappa shape index (κ2) is 6.40. The number of hydrogen-bond donors (Lipinski definition) is 1. The van der Waals surface area contributed by atoms with Crippen molar-refractivity contribution in [3.8, 4) is 11.5 Å². The Morgan fingerprint density at radius 3 is 2.71 bits per heavy atom. The van der Waals surface area contributed by atoms with E-state index < -0.39 is 0 Å². The number of rotatable bonds is 3. The van der Waals surface area contributed by atoms with Crippen LogP contribution in [-0.4, -0.2) is 19.1 Å². The average Bonchev–Trinajstić information content (AvgIpc) is 3.07. The summed E-state index contributed by atoms with van der Waals surface area (Å²) in [5.74, 6) is 1.22. The molecular weight excluding hydrogens is 302 g/mol. The van der Waals surface area contributed by atoms with E-state index in [1.165, 1.54) is 24.0 Å². The SMILES string of the molecule is O=C(C=Cc1ccc2c(c1)CCC2)Nc1ccc2c(c1)OCCO2. The van der Waals surface area contributed by atoms with Crippen LogP contribution in [0.15, 0.2) is 42.5 Å². The largest absolute Gasteiger partial charge is 0.486 e. The zero-order valence-electron chi connectivity index (χ0n) is 13.4. The molecule has 2 aliphatic rings. The van der Waals surface area contributed by atoms with E-state index in [2.05, 4.69) is 23.5 Å². The molecule has 0 saturated heterocycles. The molecule has 2 aromatic rings. The third-order valence-electron chi connectivity index (χ3n) is 4.36. The van der Waals surface area contributed by atoms with E-state index in [0.29, 0.717) is 30.4 Å². The minimum atomic E-state index is -0.160. The Hall–Kier alpha value is -2.75. The number of ether oxygens (including phenoxy) is 2. The lowest BCUT2D eigenvalue weighted by Gasteiger charge is -2.18. The molecular formula is C20H19NO3. The Labute approximate surface area is 141 Å². The fourth-order valence-corrected chi connectivity index (χ4v) is 3.17. The summed E-state index contributed by atoms with van der Waals surface area (Å²) in [6.07, 6.45) is 6.96. The predicted octanol–water partition coefficient (Wildman–Crippen LogP) is 3.60. The minimum Gasteiger partial charge on any atom is -0.486 e. The van der Waals surface area contributed by atoms with Crippen LogP contribution in [0.3, 0.4) is 0 Å². The van der Waals surface area contributed by atoms with Crippen LogP contribution in [0.4, 0.5) is 5.69 Å². The number of hydrogen-bond acceptors (Lipinski definition) is 3. The number of amides is 1. The zero-order chi connectivity index (χ0) is 16.4. The lowest BCUT2D eigenvalue weighted by molar-refractivity contribution is -0.111. The Balaban J connectivity index is 1.43. The van der Waals surface area contributed by atoms with Crippen LogP contribution in [-0.2, 0) is 17.6 Å². The first-order valence-corrected chi connectivity index (χ1v) is 8.28. The third-order valence-corrected chi connectivity index (χ3v) is 4.36. The standard InChI is InChI=1S/C20H19NO3/c22-20(9-5-14-4-6-15-2-1-3-16(15)12-14)21-17-7-8-18-19(13-17)24-11-10-23-18/h4-9,12-13H,1-3,10-11H2,(H,21,22). The van der Waals surface area contributed by atoms with Crippen molar-refractivity contribution in [2.24, 2.45) is 0 Å². The molecule has 0 atom stereocenters. The van der Waals surface area contributed by atoms with Gasteiger partial charge in [0.15, 0.2) is 11.5 Å². The molecule has 2 aromatic carbocycles. The van der Waals surface area contributed by atoms with Crippen molar-refractivity contribution in [2.45, 2.75) is 19.3 Å². The molecule has 0 radical (unpaired) electrons. The molecule has 4 nitrogen and oxygen atoms in total. The molecule has 1 aliphatic heterocycles. The molecule has 0 unspecified atom stereocenters. The van der Waals surface area contributed by atoms with Crippen LogP contribution >= 0.6 is 0 Å². The van der Waals surface area contributed by atoms with Crippen LogP contribution in [0.5, 0.6) is 11.5 Å². The highest BCUT2D eigenvalue weighted by molar-refractivity contribution is 6.02. The van der Waals surface area contributed by atoms with E-state index in [1.54, 1.807) is 12.1 Å². The maximum absolute atomic E-state index is 12.1. The van der Waals surface area contributed by atoms with Gasteiger partial charge in [-0.05, 0) is 54.2 Å². The van der Waals surface area contributed by atoms with Gasteiger partial charge in [-0.2, -0.15) is 0 Å². The van der Waals surface area contributed by atoms with Gasteiger partial charge >= 0.3 is 0 Å². The summed E-state index contributed by atoms with van der Waals surface area (Å²) < 4.78 is 11.0. The highest BCUT2D eigenvalue weighted by Gasteiger charge is 2.12. The van der Waals surface area contributed by atoms with Crippen molar-refractivity contribution in [3.05, 3.63) is 59.2 Å². The lowest BCUT2D eigenvalue weighted by Crippen LogP contribution is -2.16. The number of aryl methyl sites for hydroxylation is 2. The van der Waals surface area contributed by atoms with Crippen molar-refractivity contribution in [3.63, 3.8) is 0 Å². The van der Waals surface area contributed by atoms with E-state index in [9.17, 15) is 4.79 Å². The normalized spacial score (nSPS) is 15.3. The Bertz CT molecular complexity index is 811. The van der Waals surface area contributed by atoms with Gasteiger partial charge in [0.05, 0.1) is 0 Å². The molecule has 1 heterocycles. The molecule has 0 bridgehead atoms. The number of carbonyl (C=O) groups is 1. The van der Waals surface area contributed by atoms with E-state index >= 15 is 0 Å². The van der Waals surface area contributed by atoms with Gasteiger partial charge in [0.1, 0.15) is 13.2 Å². The molecule has 24 heavy (non-hydrogen) atoms. The summed E-state index contributed by atoms with van der Waals surface area (Å²) in [5.41, 5.74) is 4.60. The van der Waals surface area contributed by atoms with Gasteiger partial charge in [-0.15, -0.1) is 0 Å². The summed E-state index contributed by atoms with van der Waals surface area (Å²) in [4.78, 5) is 12.1. The van der Waals surface area contributed by atoms with Crippen molar-refractivity contribution in [1.82, 2.24) is 0 Å². The first kappa shape index (κ1) is 14.8. The quantitative estimate of drug-likeness (QED) is 0.879. The number of carbonyl (C=O) groups excluding carboxylic acids is 1. The summed E-state index contributed by atoms with van der Waals surface area (Å²) in [6, 6.07) is 11.8. The van der Waals surface area contributed by atoms with E-state index in [1.807, 2.05) is 18.2 Å². The van der Waals surface area contributed by atoms with Crippen molar-refractivity contribution < 1.29 is 14.3 Å². The highest BCUT2D eigenvalue weighted by atomic mass is 16.6. The maximum atomic E-state index is 12.1. The second-order valence-corrected chi connectivity index (χ2v) is 6.06. The van der Waals surface area contributed by atoms with E-state index in [4.69, 9.17) is 9.47 Å². The van der Waals surface area contributed by atoms with Crippen LogP contribution < -0.4 is 14.8 Å². The van der Waals surface area contributed by atoms with Gasteiger partial charge in [-0.25, -0.2) is 0 Å². The Morgan fingerprint density at radius 2 is 1.79 bits per heavy atom. The summed E-state index contributed by atoms with van der Waals surface area (Å²) in [5, 5.41) is 2.85. The first-order valence-electron chi connectivity index (χ1n) is 8.28. The number of benzene rings is 2. The second-order valence-electron chi connectivity index (χ2n) is 6.06. The Kier molecular flexibility index (Phi) is 3.95. The zero-order valence-corrected chi connectivity index (χ0v) is 13.4. The summed E-state index contributed by atoms with van der Waals surface area (Å²) >= 11 is 0. The first-order chi connectivity index (χ1) is 11.8. The topological polar surface area (TPSA) is 47.6 Å². The van der Waals surface area contributed by atoms with Gasteiger partial charge in [-0.1, -0.05) is 18.2 Å². The molecule has 122 valence electrons. The molecule has 1 aliphatic carbocycles. The van der Waals surface area contributed by atoms with Crippen LogP contribution in [0.1, 0.15) is 23.1 Å². The fourth-order valence-electron chi connectivity index (χ4n) is 3.17. The number of anilines is 1. The van der Waals surface area contributed by atoms with E-state index in [-0.39, 0.29) is 5.91 Å². The van der Waals surface area contributed by atoms with Gasteiger partial charge in [0, 0.05) is 17.8 Å². The lowest BCUT2D eigenvalue weighted by atomic mass is 10.1. The van der Waals surface area contributed by atoms with Gasteiger partial charge in [0.2, 0.25) is 5.91 Å². The summed E-state index contributed by atoms with van der Waals surface area (Å²) in [7, 11) is 0. The van der Waals surface area contributed by atoms with Crippen LogP contribution in [0.2, 0.25) is 0 Å². The molecule has 4 heteroatoms. The fraction of sp³-hybridized carbons (Fsp3) is 0.250. The average molecular weight is 321 g/mol. The molecule has 0 fully saturated rings. The van der Waals surface area contributed by atoms with Crippen molar-refractivity contribution in [1.29, 1.82) is 0 Å². The highest BCUT2D eigenvalue weighted by Crippen LogP contribution is 2.32. The van der Waals surface area contributed by atoms with Gasteiger partial charge < -0.3 is 14.8 Å². The predicted molar refractivity (Wildman–Crippen MR) is 93.6 cm³/mol. The van der Waals surface area contributed by atoms with Gasteiger partial charge in [0.25, 0.3) is 0 Å². The van der Waals surface area contributed by atoms with E-state index in [0.717, 1.165) is 12.0 Å². The number of nitrogens with one attached hydrogen (secondary N) is 1. The Morgan fingerprint density at radius 1 is 0.958 bits per heavy atom. The molecule has 1 N–H and O–H groups in total. The molecule has 1 amide bonds. The summed E-state index contributed by atoms with van der Waals surface area (Å²) in [6.45, 7) is 1.09. The molecule has 0 saturated carbocycles. The van der Waals surface area contributed by atoms with Crippen molar-refractivity contribution >= 4 is 17.7 Å². The smallest absolute Gasteiger partial charge is 0.248 e.